The van der Waals surface area contributed by atoms with Crippen molar-refractivity contribution in [3.8, 4) is 0 Å². The first-order valence-corrected chi connectivity index (χ1v) is 5.98. The molecule has 96 valence electrons. The number of carbonyl (C=O) groups is 1. The summed E-state index contributed by atoms with van der Waals surface area (Å²) in [6.07, 6.45) is 1.68. The number of hydrogen-bond donors (Lipinski definition) is 3. The Labute approximate surface area is 98.7 Å². The Morgan fingerprint density at radius 3 is 2.50 bits per heavy atom. The number of hydrogen-bond acceptors (Lipinski definition) is 3. The maximum Gasteiger partial charge on any atom is 0.236 e. The first kappa shape index (κ1) is 15.3. The van der Waals surface area contributed by atoms with Gasteiger partial charge in [-0.2, -0.15) is 0 Å². The SMILES string of the molecule is CCNC(=O)C(N)CCC[N+](C)(C)CCN. The van der Waals surface area contributed by atoms with Crippen LogP contribution in [0.1, 0.15) is 19.8 Å². The van der Waals surface area contributed by atoms with Gasteiger partial charge in [-0.3, -0.25) is 4.79 Å². The van der Waals surface area contributed by atoms with Crippen LogP contribution in [0, 0.1) is 0 Å². The third-order valence-corrected chi connectivity index (χ3v) is 2.70. The summed E-state index contributed by atoms with van der Waals surface area (Å²) in [5.74, 6) is -0.0494. The van der Waals surface area contributed by atoms with Crippen LogP contribution < -0.4 is 16.8 Å². The van der Waals surface area contributed by atoms with E-state index < -0.39 is 0 Å². The van der Waals surface area contributed by atoms with Gasteiger partial charge in [0.25, 0.3) is 0 Å². The van der Waals surface area contributed by atoms with E-state index in [9.17, 15) is 4.79 Å². The molecule has 0 aliphatic carbocycles. The van der Waals surface area contributed by atoms with Gasteiger partial charge in [0.05, 0.1) is 33.2 Å². The number of carbonyl (C=O) groups excluding carboxylic acids is 1. The number of rotatable bonds is 8. The Bertz CT molecular complexity index is 206. The number of quaternary nitrogens is 1. The molecule has 0 fully saturated rings. The van der Waals surface area contributed by atoms with E-state index in [0.717, 1.165) is 30.4 Å². The molecule has 0 rings (SSSR count). The van der Waals surface area contributed by atoms with Gasteiger partial charge in [-0.1, -0.05) is 0 Å². The van der Waals surface area contributed by atoms with Crippen molar-refractivity contribution in [1.82, 2.24) is 5.32 Å². The van der Waals surface area contributed by atoms with Crippen molar-refractivity contribution in [3.63, 3.8) is 0 Å². The molecule has 1 amide bonds. The van der Waals surface area contributed by atoms with Crippen molar-refractivity contribution in [2.75, 3.05) is 40.3 Å². The van der Waals surface area contributed by atoms with Crippen LogP contribution in [-0.2, 0) is 4.79 Å². The first-order chi connectivity index (χ1) is 7.43. The highest BCUT2D eigenvalue weighted by Gasteiger charge is 2.16. The zero-order chi connectivity index (χ0) is 12.6. The third-order valence-electron chi connectivity index (χ3n) is 2.70. The van der Waals surface area contributed by atoms with Crippen LogP contribution in [0.15, 0.2) is 0 Å². The van der Waals surface area contributed by atoms with Crippen molar-refractivity contribution >= 4 is 5.91 Å². The number of nitrogens with two attached hydrogens (primary N) is 2. The van der Waals surface area contributed by atoms with Crippen molar-refractivity contribution in [2.24, 2.45) is 11.5 Å². The van der Waals surface area contributed by atoms with E-state index in [1.165, 1.54) is 0 Å². The molecule has 0 radical (unpaired) electrons. The molecule has 0 aliphatic heterocycles. The second kappa shape index (κ2) is 7.60. The monoisotopic (exact) mass is 231 g/mol. The minimum atomic E-state index is -0.377. The minimum absolute atomic E-state index is 0.0494. The third kappa shape index (κ3) is 6.76. The van der Waals surface area contributed by atoms with Crippen molar-refractivity contribution in [2.45, 2.75) is 25.8 Å². The number of nitrogens with one attached hydrogen (secondary N) is 1. The number of likely N-dealkylation sites (N-methyl/N-ethyl adjacent to an activating group) is 2. The van der Waals surface area contributed by atoms with E-state index >= 15 is 0 Å². The maximum absolute atomic E-state index is 11.4. The molecule has 1 unspecified atom stereocenters. The Kier molecular flexibility index (Phi) is 7.29. The highest BCUT2D eigenvalue weighted by atomic mass is 16.2. The van der Waals surface area contributed by atoms with Gasteiger partial charge in [-0.15, -0.1) is 0 Å². The zero-order valence-electron chi connectivity index (χ0n) is 10.8. The van der Waals surface area contributed by atoms with Crippen molar-refractivity contribution < 1.29 is 9.28 Å². The second-order valence-corrected chi connectivity index (χ2v) is 4.81. The summed E-state index contributed by atoms with van der Waals surface area (Å²) in [4.78, 5) is 11.4. The second-order valence-electron chi connectivity index (χ2n) is 4.81. The average molecular weight is 231 g/mol. The topological polar surface area (TPSA) is 81.1 Å². The molecule has 0 bridgehead atoms. The van der Waals surface area contributed by atoms with E-state index in [4.69, 9.17) is 11.5 Å². The molecule has 5 N–H and O–H groups in total. The van der Waals surface area contributed by atoms with Gasteiger partial charge >= 0.3 is 0 Å². The molecular weight excluding hydrogens is 204 g/mol. The lowest BCUT2D eigenvalue weighted by molar-refractivity contribution is -0.889. The minimum Gasteiger partial charge on any atom is -0.355 e. The van der Waals surface area contributed by atoms with Crippen LogP contribution in [0.3, 0.4) is 0 Å². The summed E-state index contributed by atoms with van der Waals surface area (Å²) in [5.41, 5.74) is 11.3. The van der Waals surface area contributed by atoms with Gasteiger partial charge < -0.3 is 21.3 Å². The molecule has 0 saturated carbocycles. The average Bonchev–Trinajstić information content (AvgIpc) is 2.17. The molecule has 0 aromatic heterocycles. The summed E-state index contributed by atoms with van der Waals surface area (Å²) < 4.78 is 0.888. The zero-order valence-corrected chi connectivity index (χ0v) is 10.8. The quantitative estimate of drug-likeness (QED) is 0.482. The standard InChI is InChI=1S/C11H26N4O/c1-4-14-11(16)10(13)6-5-8-15(2,3)9-7-12/h10H,4-9,12-13H2,1-3H3/p+1. The summed E-state index contributed by atoms with van der Waals surface area (Å²) in [6, 6.07) is -0.377. The Hall–Kier alpha value is -0.650. The highest BCUT2D eigenvalue weighted by Crippen LogP contribution is 2.02. The molecule has 0 aromatic rings. The van der Waals surface area contributed by atoms with E-state index in [1.807, 2.05) is 6.92 Å². The molecule has 0 spiro atoms. The molecule has 5 heteroatoms. The predicted octanol–water partition coefficient (Wildman–Crippen LogP) is -0.735. The van der Waals surface area contributed by atoms with Crippen LogP contribution in [0.4, 0.5) is 0 Å². The molecule has 0 aliphatic rings. The van der Waals surface area contributed by atoms with Gasteiger partial charge in [-0.05, 0) is 19.8 Å². The molecule has 0 aromatic carbocycles. The van der Waals surface area contributed by atoms with Crippen molar-refractivity contribution in [3.05, 3.63) is 0 Å². The van der Waals surface area contributed by atoms with Crippen LogP contribution in [-0.4, -0.2) is 56.7 Å². The van der Waals surface area contributed by atoms with Gasteiger partial charge in [-0.25, -0.2) is 0 Å². The summed E-state index contributed by atoms with van der Waals surface area (Å²) in [7, 11) is 4.29. The van der Waals surface area contributed by atoms with Gasteiger partial charge in [0.2, 0.25) is 5.91 Å². The van der Waals surface area contributed by atoms with Crippen LogP contribution >= 0.6 is 0 Å². The molecule has 16 heavy (non-hydrogen) atoms. The van der Waals surface area contributed by atoms with Gasteiger partial charge in [0.15, 0.2) is 0 Å². The molecule has 1 atom stereocenters. The Morgan fingerprint density at radius 2 is 2.00 bits per heavy atom. The number of amides is 1. The van der Waals surface area contributed by atoms with Gasteiger partial charge in [0.1, 0.15) is 0 Å². The first-order valence-electron chi connectivity index (χ1n) is 5.98. The van der Waals surface area contributed by atoms with E-state index in [2.05, 4.69) is 19.4 Å². The lowest BCUT2D eigenvalue weighted by atomic mass is 10.1. The van der Waals surface area contributed by atoms with Crippen LogP contribution in [0.25, 0.3) is 0 Å². The fraction of sp³-hybridized carbons (Fsp3) is 0.909. The Morgan fingerprint density at radius 1 is 1.38 bits per heavy atom. The van der Waals surface area contributed by atoms with Crippen molar-refractivity contribution in [1.29, 1.82) is 0 Å². The van der Waals surface area contributed by atoms with Crippen LogP contribution in [0.5, 0.6) is 0 Å². The molecular formula is C11H27N4O+. The summed E-state index contributed by atoms with van der Waals surface area (Å²) in [6.45, 7) is 5.18. The largest absolute Gasteiger partial charge is 0.355 e. The normalized spacial score (nSPS) is 13.6. The molecule has 0 heterocycles. The number of nitrogens with zero attached hydrogens (tertiary/aromatic N) is 1. The highest BCUT2D eigenvalue weighted by molar-refractivity contribution is 5.81. The fourth-order valence-corrected chi connectivity index (χ4v) is 1.64. The van der Waals surface area contributed by atoms with E-state index in [0.29, 0.717) is 13.1 Å². The maximum atomic E-state index is 11.4. The van der Waals surface area contributed by atoms with E-state index in [1.54, 1.807) is 0 Å². The summed E-state index contributed by atoms with van der Waals surface area (Å²) >= 11 is 0. The van der Waals surface area contributed by atoms with Crippen LogP contribution in [0.2, 0.25) is 0 Å². The van der Waals surface area contributed by atoms with Gasteiger partial charge in [0, 0.05) is 13.1 Å². The lowest BCUT2D eigenvalue weighted by Crippen LogP contribution is -2.45. The molecule has 5 nitrogen and oxygen atoms in total. The van der Waals surface area contributed by atoms with E-state index in [-0.39, 0.29) is 11.9 Å². The lowest BCUT2D eigenvalue weighted by Gasteiger charge is -2.29. The fourth-order valence-electron chi connectivity index (χ4n) is 1.64. The smallest absolute Gasteiger partial charge is 0.236 e. The summed E-state index contributed by atoms with van der Waals surface area (Å²) in [5, 5.41) is 2.73. The predicted molar refractivity (Wildman–Crippen MR) is 66.8 cm³/mol. The molecule has 0 saturated heterocycles. The Balaban J connectivity index is 3.76.